The fourth-order valence-corrected chi connectivity index (χ4v) is 2.25. The van der Waals surface area contributed by atoms with Crippen LogP contribution in [0.3, 0.4) is 0 Å². The lowest BCUT2D eigenvalue weighted by Crippen LogP contribution is -2.22. The first kappa shape index (κ1) is 15.1. The summed E-state index contributed by atoms with van der Waals surface area (Å²) in [7, 11) is 0. The summed E-state index contributed by atoms with van der Waals surface area (Å²) in [4.78, 5) is 0. The van der Waals surface area contributed by atoms with Gasteiger partial charge in [-0.1, -0.05) is 36.4 Å². The molecule has 1 atom stereocenters. The third kappa shape index (κ3) is 3.64. The first-order valence-electron chi connectivity index (χ1n) is 7.22. The van der Waals surface area contributed by atoms with Gasteiger partial charge in [0.25, 0.3) is 0 Å². The average molecular weight is 279 g/mol. The Morgan fingerprint density at radius 2 is 1.76 bits per heavy atom. The quantitative estimate of drug-likeness (QED) is 0.804. The molecule has 2 aromatic carbocycles. The number of rotatable bonds is 5. The molecule has 0 amide bonds. The van der Waals surface area contributed by atoms with Crippen molar-refractivity contribution in [3.63, 3.8) is 0 Å². The molecular formula is C19H21NO. The van der Waals surface area contributed by atoms with E-state index in [0.29, 0.717) is 13.0 Å². The van der Waals surface area contributed by atoms with E-state index in [-0.39, 0.29) is 0 Å². The second-order valence-corrected chi connectivity index (χ2v) is 5.65. The first-order valence-corrected chi connectivity index (χ1v) is 7.22. The van der Waals surface area contributed by atoms with Crippen LogP contribution >= 0.6 is 0 Å². The molecule has 0 aromatic heterocycles. The molecule has 0 spiro atoms. The third-order valence-electron chi connectivity index (χ3n) is 4.01. The number of aryl methyl sites for hydroxylation is 2. The van der Waals surface area contributed by atoms with E-state index in [2.05, 4.69) is 26.0 Å². The number of nitriles is 1. The molecule has 0 aliphatic heterocycles. The van der Waals surface area contributed by atoms with E-state index in [1.165, 1.54) is 11.1 Å². The zero-order chi connectivity index (χ0) is 15.3. The molecule has 2 aromatic rings. The Labute approximate surface area is 127 Å². The monoisotopic (exact) mass is 279 g/mol. The Hall–Kier alpha value is -2.27. The zero-order valence-corrected chi connectivity index (χ0v) is 12.9. The Balaban J connectivity index is 2.01. The molecule has 0 aliphatic rings. The summed E-state index contributed by atoms with van der Waals surface area (Å²) in [5, 5.41) is 9.51. The van der Waals surface area contributed by atoms with E-state index >= 15 is 0 Å². The molecular weight excluding hydrogens is 258 g/mol. The van der Waals surface area contributed by atoms with Gasteiger partial charge in [0.05, 0.1) is 18.1 Å². The molecule has 2 heteroatoms. The van der Waals surface area contributed by atoms with Gasteiger partial charge < -0.3 is 4.74 Å². The minimum Gasteiger partial charge on any atom is -0.494 e. The van der Waals surface area contributed by atoms with Crippen molar-refractivity contribution in [3.05, 3.63) is 65.2 Å². The summed E-state index contributed by atoms with van der Waals surface area (Å²) in [5.41, 5.74) is 3.00. The molecule has 21 heavy (non-hydrogen) atoms. The van der Waals surface area contributed by atoms with Gasteiger partial charge in [0.2, 0.25) is 0 Å². The van der Waals surface area contributed by atoms with Gasteiger partial charge in [-0.05, 0) is 49.6 Å². The molecule has 0 aliphatic carbocycles. The van der Waals surface area contributed by atoms with Crippen LogP contribution in [0.15, 0.2) is 48.5 Å². The van der Waals surface area contributed by atoms with Gasteiger partial charge in [-0.25, -0.2) is 0 Å². The van der Waals surface area contributed by atoms with Gasteiger partial charge in [-0.15, -0.1) is 0 Å². The molecule has 0 N–H and O–H groups in total. The molecule has 0 radical (unpaired) electrons. The number of nitrogens with zero attached hydrogens (tertiary/aromatic N) is 1. The van der Waals surface area contributed by atoms with Crippen LogP contribution < -0.4 is 4.74 Å². The van der Waals surface area contributed by atoms with E-state index in [4.69, 9.17) is 4.74 Å². The molecule has 0 saturated carbocycles. The van der Waals surface area contributed by atoms with Crippen molar-refractivity contribution in [1.82, 2.24) is 0 Å². The van der Waals surface area contributed by atoms with Crippen molar-refractivity contribution >= 4 is 0 Å². The van der Waals surface area contributed by atoms with Crippen LogP contribution in [0.1, 0.15) is 30.0 Å². The van der Waals surface area contributed by atoms with E-state index in [1.807, 2.05) is 49.4 Å². The minimum atomic E-state index is -0.513. The summed E-state index contributed by atoms with van der Waals surface area (Å²) in [6, 6.07) is 18.4. The number of hydrogen-bond donors (Lipinski definition) is 0. The van der Waals surface area contributed by atoms with Gasteiger partial charge in [-0.2, -0.15) is 5.26 Å². The van der Waals surface area contributed by atoms with Crippen molar-refractivity contribution < 1.29 is 4.74 Å². The fourth-order valence-electron chi connectivity index (χ4n) is 2.25. The summed E-state index contributed by atoms with van der Waals surface area (Å²) >= 11 is 0. The average Bonchev–Trinajstić information content (AvgIpc) is 2.51. The summed E-state index contributed by atoms with van der Waals surface area (Å²) in [5.74, 6) is 0.867. The van der Waals surface area contributed by atoms with Crippen LogP contribution in [0.2, 0.25) is 0 Å². The Morgan fingerprint density at radius 1 is 1.05 bits per heavy atom. The van der Waals surface area contributed by atoms with Crippen LogP contribution in [-0.4, -0.2) is 6.61 Å². The van der Waals surface area contributed by atoms with Crippen molar-refractivity contribution in [2.45, 2.75) is 32.6 Å². The van der Waals surface area contributed by atoms with Crippen LogP contribution in [-0.2, 0) is 5.41 Å². The second kappa shape index (κ2) is 6.45. The maximum absolute atomic E-state index is 9.51. The molecule has 0 fully saturated rings. The molecule has 2 nitrogen and oxygen atoms in total. The van der Waals surface area contributed by atoms with Gasteiger partial charge in [0.15, 0.2) is 0 Å². The predicted molar refractivity (Wildman–Crippen MR) is 85.4 cm³/mol. The number of hydrogen-bond acceptors (Lipinski definition) is 2. The second-order valence-electron chi connectivity index (χ2n) is 5.65. The highest BCUT2D eigenvalue weighted by atomic mass is 16.5. The van der Waals surface area contributed by atoms with Crippen LogP contribution in [0, 0.1) is 25.2 Å². The summed E-state index contributed by atoms with van der Waals surface area (Å²) in [6.45, 7) is 6.65. The topological polar surface area (TPSA) is 33.0 Å². The normalized spacial score (nSPS) is 13.2. The molecule has 2 rings (SSSR count). The third-order valence-corrected chi connectivity index (χ3v) is 4.01. The Morgan fingerprint density at radius 3 is 2.38 bits per heavy atom. The predicted octanol–water partition coefficient (Wildman–Crippen LogP) is 4.55. The van der Waals surface area contributed by atoms with E-state index < -0.39 is 5.41 Å². The number of ether oxygens (including phenoxy) is 1. The van der Waals surface area contributed by atoms with Gasteiger partial charge in [-0.3, -0.25) is 0 Å². The van der Waals surface area contributed by atoms with E-state index in [9.17, 15) is 5.26 Å². The summed E-state index contributed by atoms with van der Waals surface area (Å²) in [6.07, 6.45) is 0.667. The minimum absolute atomic E-state index is 0.513. The molecule has 1 unspecified atom stereocenters. The van der Waals surface area contributed by atoms with E-state index in [0.717, 1.165) is 11.3 Å². The smallest absolute Gasteiger partial charge is 0.119 e. The molecule has 108 valence electrons. The fraction of sp³-hybridized carbons (Fsp3) is 0.316. The standard InChI is InChI=1S/C19H21NO/c1-15-9-10-18(13-16(15)2)21-12-11-19(3,14-20)17-7-5-4-6-8-17/h4-10,13H,11-12H2,1-3H3. The van der Waals surface area contributed by atoms with Crippen molar-refractivity contribution in [3.8, 4) is 11.8 Å². The van der Waals surface area contributed by atoms with Gasteiger partial charge in [0.1, 0.15) is 5.75 Å². The zero-order valence-electron chi connectivity index (χ0n) is 12.9. The molecule has 0 bridgehead atoms. The number of benzene rings is 2. The van der Waals surface area contributed by atoms with E-state index in [1.54, 1.807) is 0 Å². The molecule has 0 heterocycles. The van der Waals surface area contributed by atoms with Crippen molar-refractivity contribution in [1.29, 1.82) is 5.26 Å². The van der Waals surface area contributed by atoms with Crippen LogP contribution in [0.25, 0.3) is 0 Å². The Kier molecular flexibility index (Phi) is 4.65. The van der Waals surface area contributed by atoms with Crippen molar-refractivity contribution in [2.75, 3.05) is 6.61 Å². The first-order chi connectivity index (χ1) is 10.0. The summed E-state index contributed by atoms with van der Waals surface area (Å²) < 4.78 is 5.81. The Bertz CT molecular complexity index is 642. The highest BCUT2D eigenvalue weighted by molar-refractivity contribution is 5.34. The van der Waals surface area contributed by atoms with Crippen LogP contribution in [0.5, 0.6) is 5.75 Å². The largest absolute Gasteiger partial charge is 0.494 e. The maximum Gasteiger partial charge on any atom is 0.119 e. The lowest BCUT2D eigenvalue weighted by Gasteiger charge is -2.22. The van der Waals surface area contributed by atoms with Gasteiger partial charge >= 0.3 is 0 Å². The molecule has 0 saturated heterocycles. The lowest BCUT2D eigenvalue weighted by atomic mass is 9.81. The SMILES string of the molecule is Cc1ccc(OCCC(C)(C#N)c2ccccc2)cc1C. The van der Waals surface area contributed by atoms with Crippen LogP contribution in [0.4, 0.5) is 0 Å². The maximum atomic E-state index is 9.51. The lowest BCUT2D eigenvalue weighted by molar-refractivity contribution is 0.285. The highest BCUT2D eigenvalue weighted by Crippen LogP contribution is 2.27. The highest BCUT2D eigenvalue weighted by Gasteiger charge is 2.26. The van der Waals surface area contributed by atoms with Crippen molar-refractivity contribution in [2.24, 2.45) is 0 Å². The van der Waals surface area contributed by atoms with Gasteiger partial charge in [0, 0.05) is 6.42 Å².